The lowest BCUT2D eigenvalue weighted by molar-refractivity contribution is 0.0882. The summed E-state index contributed by atoms with van der Waals surface area (Å²) in [5.41, 5.74) is -0.897. The first-order valence-corrected chi connectivity index (χ1v) is 8.44. The number of imidazole rings is 1. The molecule has 7 nitrogen and oxygen atoms in total. The maximum atomic E-state index is 12.5. The molecule has 0 aliphatic heterocycles. The number of rotatable bonds is 5. The van der Waals surface area contributed by atoms with Gasteiger partial charge in [-0.3, -0.25) is 4.79 Å². The topological polar surface area (TPSA) is 87.4 Å². The summed E-state index contributed by atoms with van der Waals surface area (Å²) in [6.07, 6.45) is 2.42. The van der Waals surface area contributed by atoms with Crippen molar-refractivity contribution in [2.45, 2.75) is 25.2 Å². The average Bonchev–Trinajstić information content (AvgIpc) is 2.89. The molecule has 1 heterocycles. The van der Waals surface area contributed by atoms with E-state index in [0.717, 1.165) is 10.8 Å². The number of nitrogens with zero attached hydrogens (tertiary/aromatic N) is 2. The molecule has 8 heteroatoms. The van der Waals surface area contributed by atoms with E-state index < -0.39 is 21.6 Å². The number of benzene rings is 1. The third kappa shape index (κ3) is 3.37. The first-order chi connectivity index (χ1) is 10.8. The third-order valence-corrected chi connectivity index (χ3v) is 4.88. The van der Waals surface area contributed by atoms with Crippen LogP contribution in [0.2, 0.25) is 0 Å². The van der Waals surface area contributed by atoms with Crippen molar-refractivity contribution in [3.8, 4) is 5.75 Å². The first-order valence-electron chi connectivity index (χ1n) is 7.00. The van der Waals surface area contributed by atoms with E-state index in [-0.39, 0.29) is 17.2 Å². The van der Waals surface area contributed by atoms with E-state index in [4.69, 9.17) is 4.74 Å². The van der Waals surface area contributed by atoms with Gasteiger partial charge in [-0.1, -0.05) is 13.8 Å². The van der Waals surface area contributed by atoms with Crippen LogP contribution in [0.4, 0.5) is 0 Å². The van der Waals surface area contributed by atoms with E-state index in [9.17, 15) is 18.0 Å². The number of carbonyl (C=O) groups is 1. The van der Waals surface area contributed by atoms with Gasteiger partial charge in [0, 0.05) is 18.8 Å². The fourth-order valence-electron chi connectivity index (χ4n) is 2.04. The van der Waals surface area contributed by atoms with Crippen LogP contribution >= 0.6 is 0 Å². The molecule has 0 saturated carbocycles. The van der Waals surface area contributed by atoms with Crippen LogP contribution in [0.25, 0.3) is 0 Å². The minimum absolute atomic E-state index is 0.0607. The second-order valence-corrected chi connectivity index (χ2v) is 7.23. The van der Waals surface area contributed by atoms with Crippen molar-refractivity contribution < 1.29 is 17.9 Å². The van der Waals surface area contributed by atoms with Crippen molar-refractivity contribution in [1.29, 1.82) is 0 Å². The van der Waals surface area contributed by atoms with E-state index in [1.165, 1.54) is 37.6 Å². The molecule has 0 aliphatic carbocycles. The van der Waals surface area contributed by atoms with Crippen molar-refractivity contribution in [2.75, 3.05) is 7.11 Å². The molecule has 23 heavy (non-hydrogen) atoms. The first kappa shape index (κ1) is 17.0. The van der Waals surface area contributed by atoms with Gasteiger partial charge in [-0.25, -0.2) is 17.8 Å². The van der Waals surface area contributed by atoms with Gasteiger partial charge >= 0.3 is 5.69 Å². The van der Waals surface area contributed by atoms with Crippen LogP contribution in [0.5, 0.6) is 5.75 Å². The van der Waals surface area contributed by atoms with Gasteiger partial charge in [-0.05, 0) is 30.2 Å². The van der Waals surface area contributed by atoms with Gasteiger partial charge in [-0.2, -0.15) is 3.97 Å². The molecule has 0 fully saturated rings. The Balaban J connectivity index is 2.43. The molecule has 0 unspecified atom stereocenters. The molecule has 0 bridgehead atoms. The summed E-state index contributed by atoms with van der Waals surface area (Å²) in [6, 6.07) is 5.65. The highest BCUT2D eigenvalue weighted by atomic mass is 32.2. The molecule has 1 aromatic carbocycles. The summed E-state index contributed by atoms with van der Waals surface area (Å²) in [7, 11) is -2.59. The zero-order chi connectivity index (χ0) is 17.2. The fourth-order valence-corrected chi connectivity index (χ4v) is 3.26. The third-order valence-electron chi connectivity index (χ3n) is 3.21. The molecule has 0 aliphatic rings. The molecule has 2 aromatic rings. The van der Waals surface area contributed by atoms with Crippen LogP contribution in [-0.4, -0.2) is 30.0 Å². The summed E-state index contributed by atoms with van der Waals surface area (Å²) < 4.78 is 31.4. The Morgan fingerprint density at radius 2 is 1.78 bits per heavy atom. The van der Waals surface area contributed by atoms with Gasteiger partial charge in [-0.15, -0.1) is 0 Å². The molecule has 0 radical (unpaired) electrons. The predicted octanol–water partition coefficient (Wildman–Crippen LogP) is 1.58. The largest absolute Gasteiger partial charge is 0.497 e. The summed E-state index contributed by atoms with van der Waals surface area (Å²) in [5.74, 6) is 0.130. The van der Waals surface area contributed by atoms with Gasteiger partial charge in [0.2, 0.25) is 5.91 Å². The number of aromatic nitrogens is 2. The van der Waals surface area contributed by atoms with Gasteiger partial charge in [0.25, 0.3) is 10.0 Å². The number of hydrogen-bond donors (Lipinski definition) is 0. The number of ether oxygens (including phenoxy) is 1. The Labute approximate surface area is 134 Å². The smallest absolute Gasteiger partial charge is 0.349 e. The summed E-state index contributed by atoms with van der Waals surface area (Å²) in [6.45, 7) is 3.68. The Hall–Kier alpha value is -2.35. The zero-order valence-corrected chi connectivity index (χ0v) is 13.9. The Bertz CT molecular complexity index is 860. The maximum Gasteiger partial charge on any atom is 0.349 e. The van der Waals surface area contributed by atoms with Crippen molar-refractivity contribution in [3.05, 3.63) is 47.1 Å². The highest BCUT2D eigenvalue weighted by molar-refractivity contribution is 7.90. The lowest BCUT2D eigenvalue weighted by atomic mass is 10.1. The van der Waals surface area contributed by atoms with E-state index in [2.05, 4.69) is 0 Å². The Morgan fingerprint density at radius 3 is 2.30 bits per heavy atom. The van der Waals surface area contributed by atoms with Gasteiger partial charge in [0.05, 0.1) is 12.0 Å². The Kier molecular flexibility index (Phi) is 4.74. The zero-order valence-electron chi connectivity index (χ0n) is 13.1. The highest BCUT2D eigenvalue weighted by Gasteiger charge is 2.22. The minimum Gasteiger partial charge on any atom is -0.497 e. The normalized spacial score (nSPS) is 11.7. The standard InChI is InChI=1S/C15H18N2O5S/c1-11(2)10-14(18)16-8-9-17(15(16)19)23(20,21)13-6-4-12(22-3)5-7-13/h4-9,11H,10H2,1-3H3. The SMILES string of the molecule is COc1ccc(S(=O)(=O)n2ccn(C(=O)CC(C)C)c2=O)cc1. The number of carbonyl (C=O) groups excluding carboxylic acids is 1. The molecule has 0 amide bonds. The number of methoxy groups -OCH3 is 1. The molecular formula is C15H18N2O5S. The number of hydrogen-bond acceptors (Lipinski definition) is 5. The van der Waals surface area contributed by atoms with Crippen LogP contribution in [0, 0.1) is 5.92 Å². The van der Waals surface area contributed by atoms with Crippen LogP contribution < -0.4 is 10.4 Å². The van der Waals surface area contributed by atoms with Crippen molar-refractivity contribution in [3.63, 3.8) is 0 Å². The molecule has 0 atom stereocenters. The lowest BCUT2D eigenvalue weighted by Gasteiger charge is -2.06. The van der Waals surface area contributed by atoms with Crippen LogP contribution in [0.15, 0.2) is 46.3 Å². The Morgan fingerprint density at radius 1 is 1.17 bits per heavy atom. The quantitative estimate of drug-likeness (QED) is 0.826. The molecule has 0 N–H and O–H groups in total. The second kappa shape index (κ2) is 6.41. The van der Waals surface area contributed by atoms with Crippen LogP contribution in [0.1, 0.15) is 25.1 Å². The molecule has 1 aromatic heterocycles. The lowest BCUT2D eigenvalue weighted by Crippen LogP contribution is -2.32. The van der Waals surface area contributed by atoms with Crippen molar-refractivity contribution in [1.82, 2.24) is 8.54 Å². The second-order valence-electron chi connectivity index (χ2n) is 5.42. The van der Waals surface area contributed by atoms with Gasteiger partial charge in [0.15, 0.2) is 0 Å². The highest BCUT2D eigenvalue weighted by Crippen LogP contribution is 2.17. The molecule has 0 spiro atoms. The fraction of sp³-hybridized carbons (Fsp3) is 0.333. The average molecular weight is 338 g/mol. The molecular weight excluding hydrogens is 320 g/mol. The van der Waals surface area contributed by atoms with E-state index in [0.29, 0.717) is 9.72 Å². The van der Waals surface area contributed by atoms with Crippen LogP contribution in [-0.2, 0) is 10.0 Å². The van der Waals surface area contributed by atoms with Crippen LogP contribution in [0.3, 0.4) is 0 Å². The predicted molar refractivity (Wildman–Crippen MR) is 84.4 cm³/mol. The summed E-state index contributed by atoms with van der Waals surface area (Å²) >= 11 is 0. The molecule has 0 saturated heterocycles. The maximum absolute atomic E-state index is 12.5. The van der Waals surface area contributed by atoms with E-state index in [1.807, 2.05) is 13.8 Å². The minimum atomic E-state index is -4.06. The summed E-state index contributed by atoms with van der Waals surface area (Å²) in [4.78, 5) is 24.2. The molecule has 124 valence electrons. The monoisotopic (exact) mass is 338 g/mol. The van der Waals surface area contributed by atoms with Gasteiger partial charge in [0.1, 0.15) is 5.75 Å². The van der Waals surface area contributed by atoms with Crippen molar-refractivity contribution >= 4 is 15.9 Å². The van der Waals surface area contributed by atoms with Crippen molar-refractivity contribution in [2.24, 2.45) is 5.92 Å². The van der Waals surface area contributed by atoms with E-state index >= 15 is 0 Å². The van der Waals surface area contributed by atoms with Gasteiger partial charge < -0.3 is 4.74 Å². The summed E-state index contributed by atoms with van der Waals surface area (Å²) in [5, 5.41) is 0. The van der Waals surface area contributed by atoms with E-state index in [1.54, 1.807) is 0 Å². The molecule has 2 rings (SSSR count).